The van der Waals surface area contributed by atoms with Crippen LogP contribution in [0.1, 0.15) is 5.56 Å². The number of imide groups is 1. The number of hydrogen-bond donors (Lipinski definition) is 2. The summed E-state index contributed by atoms with van der Waals surface area (Å²) in [7, 11) is 0. The van der Waals surface area contributed by atoms with Crippen LogP contribution in [0.3, 0.4) is 0 Å². The van der Waals surface area contributed by atoms with Gasteiger partial charge < -0.3 is 10.1 Å². The fourth-order valence-corrected chi connectivity index (χ4v) is 1.91. The summed E-state index contributed by atoms with van der Waals surface area (Å²) in [5.74, 6) is -1.60. The third-order valence-corrected chi connectivity index (χ3v) is 3.04. The Hall–Kier alpha value is -3.49. The maximum absolute atomic E-state index is 13.4. The lowest BCUT2D eigenvalue weighted by molar-refractivity contribution is -0.385. The van der Waals surface area contributed by atoms with Gasteiger partial charge in [0.2, 0.25) is 0 Å². The van der Waals surface area contributed by atoms with Crippen molar-refractivity contribution in [3.05, 3.63) is 64.0 Å². The van der Waals surface area contributed by atoms with E-state index < -0.39 is 29.3 Å². The largest absolute Gasteiger partial charge is 0.477 e. The summed E-state index contributed by atoms with van der Waals surface area (Å²) in [5.41, 5.74) is 0.277. The van der Waals surface area contributed by atoms with Gasteiger partial charge in [-0.15, -0.1) is 0 Å². The summed E-state index contributed by atoms with van der Waals surface area (Å²) in [4.78, 5) is 33.6. The predicted molar refractivity (Wildman–Crippen MR) is 86.9 cm³/mol. The Morgan fingerprint density at radius 2 is 1.96 bits per heavy atom. The first-order valence-corrected chi connectivity index (χ1v) is 7.10. The Labute approximate surface area is 141 Å². The lowest BCUT2D eigenvalue weighted by Crippen LogP contribution is -2.37. The van der Waals surface area contributed by atoms with Gasteiger partial charge in [-0.3, -0.25) is 20.2 Å². The highest BCUT2D eigenvalue weighted by atomic mass is 19.1. The van der Waals surface area contributed by atoms with E-state index in [0.29, 0.717) is 5.56 Å². The van der Waals surface area contributed by atoms with Crippen LogP contribution in [0, 0.1) is 22.9 Å². The number of nitrogens with zero attached hydrogens (tertiary/aromatic N) is 1. The van der Waals surface area contributed by atoms with E-state index in [-0.39, 0.29) is 17.1 Å². The quantitative estimate of drug-likeness (QED) is 0.638. The number of carbonyl (C=O) groups excluding carboxylic acids is 2. The van der Waals surface area contributed by atoms with Crippen LogP contribution in [0.2, 0.25) is 0 Å². The molecule has 0 fully saturated rings. The molecule has 3 amide bonds. The summed E-state index contributed by atoms with van der Waals surface area (Å²) in [5, 5.41) is 15.1. The molecule has 130 valence electrons. The van der Waals surface area contributed by atoms with Crippen molar-refractivity contribution in [1.82, 2.24) is 5.32 Å². The molecule has 0 unspecified atom stereocenters. The normalized spacial score (nSPS) is 10.0. The fourth-order valence-electron chi connectivity index (χ4n) is 1.91. The van der Waals surface area contributed by atoms with E-state index >= 15 is 0 Å². The first kappa shape index (κ1) is 17.9. The molecule has 9 heteroatoms. The predicted octanol–water partition coefficient (Wildman–Crippen LogP) is 2.77. The molecule has 0 heterocycles. The van der Waals surface area contributed by atoms with Gasteiger partial charge in [0, 0.05) is 6.07 Å². The number of nitro benzene ring substituents is 1. The van der Waals surface area contributed by atoms with Crippen LogP contribution in [-0.2, 0) is 4.79 Å². The SMILES string of the molecule is Cc1ccc(OCC(=O)NC(=O)Nc2ccccc2F)c([N+](=O)[O-])c1. The number of nitro groups is 1. The highest BCUT2D eigenvalue weighted by Crippen LogP contribution is 2.27. The molecule has 25 heavy (non-hydrogen) atoms. The Morgan fingerprint density at radius 1 is 1.24 bits per heavy atom. The van der Waals surface area contributed by atoms with Crippen LogP contribution >= 0.6 is 0 Å². The number of amides is 3. The first-order chi connectivity index (χ1) is 11.9. The van der Waals surface area contributed by atoms with Gasteiger partial charge in [0.05, 0.1) is 10.6 Å². The molecule has 2 rings (SSSR count). The van der Waals surface area contributed by atoms with Gasteiger partial charge in [-0.2, -0.15) is 0 Å². The van der Waals surface area contributed by atoms with Crippen LogP contribution < -0.4 is 15.4 Å². The molecule has 2 aromatic rings. The maximum atomic E-state index is 13.4. The molecule has 0 spiro atoms. The standard InChI is InChI=1S/C16H14FN3O5/c1-10-6-7-14(13(8-10)20(23)24)25-9-15(21)19-16(22)18-12-5-3-2-4-11(12)17/h2-8H,9H2,1H3,(H2,18,19,21,22). The molecule has 0 aromatic heterocycles. The van der Waals surface area contributed by atoms with Crippen molar-refractivity contribution in [2.45, 2.75) is 6.92 Å². The van der Waals surface area contributed by atoms with Crippen LogP contribution in [0.4, 0.5) is 20.6 Å². The maximum Gasteiger partial charge on any atom is 0.326 e. The van der Waals surface area contributed by atoms with Crippen molar-refractivity contribution >= 4 is 23.3 Å². The molecule has 2 aromatic carbocycles. The van der Waals surface area contributed by atoms with E-state index in [1.165, 1.54) is 30.3 Å². The summed E-state index contributed by atoms with van der Waals surface area (Å²) in [6.45, 7) is 1.06. The van der Waals surface area contributed by atoms with Crippen molar-refractivity contribution in [1.29, 1.82) is 0 Å². The molecule has 8 nitrogen and oxygen atoms in total. The van der Waals surface area contributed by atoms with Gasteiger partial charge in [-0.25, -0.2) is 9.18 Å². The van der Waals surface area contributed by atoms with Crippen LogP contribution in [0.25, 0.3) is 0 Å². The zero-order valence-corrected chi connectivity index (χ0v) is 13.1. The highest BCUT2D eigenvalue weighted by Gasteiger charge is 2.17. The second-order valence-corrected chi connectivity index (χ2v) is 5.00. The summed E-state index contributed by atoms with van der Waals surface area (Å²) >= 11 is 0. The van der Waals surface area contributed by atoms with Crippen molar-refractivity contribution in [2.24, 2.45) is 0 Å². The molecule has 0 bridgehead atoms. The van der Waals surface area contributed by atoms with Crippen LogP contribution in [0.15, 0.2) is 42.5 Å². The minimum absolute atomic E-state index is 0.0945. The number of para-hydroxylation sites is 1. The molecule has 0 aliphatic carbocycles. The van der Waals surface area contributed by atoms with E-state index in [9.17, 15) is 24.1 Å². The lowest BCUT2D eigenvalue weighted by atomic mass is 10.2. The summed E-state index contributed by atoms with van der Waals surface area (Å²) < 4.78 is 18.5. The van der Waals surface area contributed by atoms with Crippen LogP contribution in [-0.4, -0.2) is 23.5 Å². The molecule has 0 aliphatic heterocycles. The Bertz CT molecular complexity index is 825. The van der Waals surface area contributed by atoms with E-state index in [0.717, 1.165) is 6.07 Å². The van der Waals surface area contributed by atoms with Crippen molar-refractivity contribution in [3.63, 3.8) is 0 Å². The third-order valence-electron chi connectivity index (χ3n) is 3.04. The average Bonchev–Trinajstić information content (AvgIpc) is 2.55. The van der Waals surface area contributed by atoms with Gasteiger partial charge in [-0.05, 0) is 30.7 Å². The van der Waals surface area contributed by atoms with E-state index in [1.807, 2.05) is 5.32 Å². The third kappa shape index (κ3) is 4.99. The van der Waals surface area contributed by atoms with E-state index in [4.69, 9.17) is 4.74 Å². The number of ether oxygens (including phenoxy) is 1. The van der Waals surface area contributed by atoms with Crippen molar-refractivity contribution in [3.8, 4) is 5.75 Å². The number of urea groups is 1. The second kappa shape index (κ2) is 7.86. The molecular weight excluding hydrogens is 333 g/mol. The van der Waals surface area contributed by atoms with E-state index in [1.54, 1.807) is 13.0 Å². The molecule has 0 aliphatic rings. The molecule has 0 saturated heterocycles. The molecule has 0 saturated carbocycles. The number of rotatable bonds is 5. The topological polar surface area (TPSA) is 111 Å². The Balaban J connectivity index is 1.92. The molecule has 0 radical (unpaired) electrons. The number of carbonyl (C=O) groups is 2. The number of anilines is 1. The van der Waals surface area contributed by atoms with Gasteiger partial charge in [0.25, 0.3) is 5.91 Å². The number of nitrogens with one attached hydrogen (secondary N) is 2. The van der Waals surface area contributed by atoms with Gasteiger partial charge in [0.1, 0.15) is 5.82 Å². The Morgan fingerprint density at radius 3 is 2.64 bits per heavy atom. The summed E-state index contributed by atoms with van der Waals surface area (Å²) in [6.07, 6.45) is 0. The minimum Gasteiger partial charge on any atom is -0.477 e. The average molecular weight is 347 g/mol. The molecule has 2 N–H and O–H groups in total. The van der Waals surface area contributed by atoms with Crippen molar-refractivity contribution < 1.29 is 23.6 Å². The number of aryl methyl sites for hydroxylation is 1. The van der Waals surface area contributed by atoms with Gasteiger partial charge >= 0.3 is 11.7 Å². The first-order valence-electron chi connectivity index (χ1n) is 7.10. The smallest absolute Gasteiger partial charge is 0.326 e. The zero-order chi connectivity index (χ0) is 18.4. The minimum atomic E-state index is -0.947. The number of benzene rings is 2. The molecule has 0 atom stereocenters. The van der Waals surface area contributed by atoms with Gasteiger partial charge in [0.15, 0.2) is 12.4 Å². The van der Waals surface area contributed by atoms with Crippen molar-refractivity contribution in [2.75, 3.05) is 11.9 Å². The van der Waals surface area contributed by atoms with E-state index in [2.05, 4.69) is 5.32 Å². The second-order valence-electron chi connectivity index (χ2n) is 5.00. The monoisotopic (exact) mass is 347 g/mol. The lowest BCUT2D eigenvalue weighted by Gasteiger charge is -2.09. The number of halogens is 1. The van der Waals surface area contributed by atoms with Gasteiger partial charge in [-0.1, -0.05) is 18.2 Å². The fraction of sp³-hybridized carbons (Fsp3) is 0.125. The highest BCUT2D eigenvalue weighted by molar-refractivity contribution is 6.01. The summed E-state index contributed by atoms with van der Waals surface area (Å²) in [6, 6.07) is 8.75. The Kier molecular flexibility index (Phi) is 5.62. The number of hydrogen-bond acceptors (Lipinski definition) is 5. The van der Waals surface area contributed by atoms with Crippen LogP contribution in [0.5, 0.6) is 5.75 Å². The molecular formula is C16H14FN3O5. The zero-order valence-electron chi connectivity index (χ0n) is 13.1.